The van der Waals surface area contributed by atoms with Crippen LogP contribution >= 0.6 is 0 Å². The third-order valence-electron chi connectivity index (χ3n) is 13.4. The average molecular weight is 491 g/mol. The summed E-state index contributed by atoms with van der Waals surface area (Å²) < 4.78 is 0. The first-order valence-corrected chi connectivity index (χ1v) is 14.1. The highest BCUT2D eigenvalue weighted by Gasteiger charge is 2.70. The number of aliphatic hydroxyl groups excluding tert-OH is 5. The molecule has 5 aliphatic carbocycles. The fraction of sp³-hybridized carbons (Fsp3) is 0.933. The molecule has 0 unspecified atom stereocenters. The van der Waals surface area contributed by atoms with Crippen molar-refractivity contribution in [3.8, 4) is 0 Å². The van der Waals surface area contributed by atoms with Crippen LogP contribution in [0.5, 0.6) is 0 Å². The molecule has 5 heteroatoms. The molecule has 0 aromatic heterocycles. The Balaban J connectivity index is 1.59. The quantitative estimate of drug-likeness (QED) is 0.376. The molecule has 200 valence electrons. The van der Waals surface area contributed by atoms with Gasteiger partial charge in [-0.05, 0) is 90.8 Å². The van der Waals surface area contributed by atoms with Crippen molar-refractivity contribution in [3.63, 3.8) is 0 Å². The summed E-state index contributed by atoms with van der Waals surface area (Å²) in [6.45, 7) is 13.6. The van der Waals surface area contributed by atoms with Gasteiger partial charge in [0, 0.05) is 17.4 Å². The van der Waals surface area contributed by atoms with E-state index in [-0.39, 0.29) is 58.2 Å². The first kappa shape index (κ1) is 26.2. The summed E-state index contributed by atoms with van der Waals surface area (Å²) in [5, 5.41) is 54.0. The van der Waals surface area contributed by atoms with Gasteiger partial charge in [-0.1, -0.05) is 53.2 Å². The van der Waals surface area contributed by atoms with Crippen molar-refractivity contribution in [2.24, 2.45) is 50.2 Å². The van der Waals surface area contributed by atoms with Gasteiger partial charge in [-0.25, -0.2) is 0 Å². The number of rotatable bonds is 2. The number of hydrogen-bond donors (Lipinski definition) is 5. The van der Waals surface area contributed by atoms with Gasteiger partial charge < -0.3 is 25.5 Å². The van der Waals surface area contributed by atoms with Crippen LogP contribution in [0.15, 0.2) is 11.6 Å². The molecular formula is C30H50O5. The SMILES string of the molecule is CC1(C)C[C@H]2C3=CC[C@@H]4[C@@]5(C)C[C@@H](O)[C@H](O)[C@](C)(CO)[C@@H]5CC[C@@]4(C)[C@]3(C)CC[C@@]2(CO)C[C@@H]1O. The number of allylic oxidation sites excluding steroid dienone is 2. The first-order chi connectivity index (χ1) is 16.2. The van der Waals surface area contributed by atoms with E-state index in [9.17, 15) is 25.5 Å². The Morgan fingerprint density at radius 3 is 2.14 bits per heavy atom. The minimum atomic E-state index is -0.893. The largest absolute Gasteiger partial charge is 0.396 e. The molecule has 0 spiro atoms. The van der Waals surface area contributed by atoms with Crippen molar-refractivity contribution in [1.29, 1.82) is 0 Å². The standard InChI is InChI=1S/C30H50O5/c1-25(2)13-19-18-7-8-22-26(3)14-20(33)24(35)27(4,16-31)21(26)9-10-29(22,6)28(18,5)11-12-30(19,17-32)15-23(25)34/h7,19-24,31-35H,8-17H2,1-6H3/t19-,20+,21+,22+,23-,24-,26-,27+,28+,29+,30-/m0/s1. The number of fused-ring (bicyclic) bond motifs is 7. The Morgan fingerprint density at radius 2 is 1.51 bits per heavy atom. The lowest BCUT2D eigenvalue weighted by Crippen LogP contribution is -2.68. The lowest BCUT2D eigenvalue weighted by atomic mass is 9.33. The van der Waals surface area contributed by atoms with Crippen LogP contribution in [-0.4, -0.2) is 57.1 Å². The van der Waals surface area contributed by atoms with Crippen molar-refractivity contribution in [3.05, 3.63) is 11.6 Å². The predicted molar refractivity (Wildman–Crippen MR) is 136 cm³/mol. The molecule has 0 aromatic rings. The van der Waals surface area contributed by atoms with Crippen LogP contribution < -0.4 is 0 Å². The van der Waals surface area contributed by atoms with E-state index < -0.39 is 17.6 Å². The molecule has 0 aliphatic heterocycles. The van der Waals surface area contributed by atoms with Crippen molar-refractivity contribution in [2.75, 3.05) is 13.2 Å². The summed E-state index contributed by atoms with van der Waals surface area (Å²) in [5.41, 5.74) is 0.300. The van der Waals surface area contributed by atoms with Crippen LogP contribution in [0.2, 0.25) is 0 Å². The van der Waals surface area contributed by atoms with Crippen molar-refractivity contribution < 1.29 is 25.5 Å². The van der Waals surface area contributed by atoms with E-state index in [1.54, 1.807) is 0 Å². The van der Waals surface area contributed by atoms with E-state index in [0.717, 1.165) is 38.5 Å². The molecule has 0 saturated heterocycles. The molecule has 4 fully saturated rings. The van der Waals surface area contributed by atoms with Crippen LogP contribution in [0.1, 0.15) is 92.9 Å². The van der Waals surface area contributed by atoms with Crippen LogP contribution in [0.3, 0.4) is 0 Å². The second-order valence-electron chi connectivity index (χ2n) is 15.2. The molecule has 35 heavy (non-hydrogen) atoms. The van der Waals surface area contributed by atoms with Crippen LogP contribution in [0.4, 0.5) is 0 Å². The smallest absolute Gasteiger partial charge is 0.0877 e. The maximum absolute atomic E-state index is 11.0. The van der Waals surface area contributed by atoms with E-state index in [1.807, 2.05) is 6.92 Å². The van der Waals surface area contributed by atoms with E-state index in [2.05, 4.69) is 40.7 Å². The summed E-state index contributed by atoms with van der Waals surface area (Å²) >= 11 is 0. The topological polar surface area (TPSA) is 101 Å². The molecule has 5 rings (SSSR count). The third kappa shape index (κ3) is 3.11. The van der Waals surface area contributed by atoms with Gasteiger partial charge in [0.2, 0.25) is 0 Å². The Bertz CT molecular complexity index is 899. The van der Waals surface area contributed by atoms with Gasteiger partial charge in [0.15, 0.2) is 0 Å². The van der Waals surface area contributed by atoms with Crippen LogP contribution in [0.25, 0.3) is 0 Å². The fourth-order valence-electron chi connectivity index (χ4n) is 10.8. The fourth-order valence-corrected chi connectivity index (χ4v) is 10.8. The summed E-state index contributed by atoms with van der Waals surface area (Å²) in [5.74, 6) is 0.813. The second kappa shape index (κ2) is 7.79. The molecule has 4 saturated carbocycles. The van der Waals surface area contributed by atoms with Crippen LogP contribution in [0, 0.1) is 50.2 Å². The summed E-state index contributed by atoms with van der Waals surface area (Å²) in [6.07, 6.45) is 7.46. The lowest BCUT2D eigenvalue weighted by molar-refractivity contribution is -0.244. The molecule has 5 nitrogen and oxygen atoms in total. The van der Waals surface area contributed by atoms with Gasteiger partial charge in [0.05, 0.1) is 24.9 Å². The highest BCUT2D eigenvalue weighted by Crippen LogP contribution is 2.75. The van der Waals surface area contributed by atoms with Gasteiger partial charge in [-0.15, -0.1) is 0 Å². The molecule has 0 heterocycles. The summed E-state index contributed by atoms with van der Waals surface area (Å²) in [7, 11) is 0. The van der Waals surface area contributed by atoms with E-state index >= 15 is 0 Å². The molecule has 5 N–H and O–H groups in total. The number of aliphatic hydroxyl groups is 5. The Morgan fingerprint density at radius 1 is 0.829 bits per heavy atom. The van der Waals surface area contributed by atoms with E-state index in [0.29, 0.717) is 18.8 Å². The molecule has 5 aliphatic rings. The van der Waals surface area contributed by atoms with Crippen molar-refractivity contribution in [1.82, 2.24) is 0 Å². The normalized spacial score (nSPS) is 57.3. The highest BCUT2D eigenvalue weighted by molar-refractivity contribution is 5.34. The lowest BCUT2D eigenvalue weighted by Gasteiger charge is -2.72. The summed E-state index contributed by atoms with van der Waals surface area (Å²) in [6, 6.07) is 0. The van der Waals surface area contributed by atoms with Gasteiger partial charge in [-0.2, -0.15) is 0 Å². The molecule has 11 atom stereocenters. The Hall–Kier alpha value is -0.460. The molecule has 0 aromatic carbocycles. The first-order valence-electron chi connectivity index (χ1n) is 14.1. The molecule has 0 amide bonds. The zero-order valence-electron chi connectivity index (χ0n) is 22.8. The number of hydrogen-bond acceptors (Lipinski definition) is 5. The van der Waals surface area contributed by atoms with Gasteiger partial charge in [0.1, 0.15) is 0 Å². The average Bonchev–Trinajstić information content (AvgIpc) is 2.79. The van der Waals surface area contributed by atoms with E-state index in [4.69, 9.17) is 0 Å². The zero-order chi connectivity index (χ0) is 25.8. The van der Waals surface area contributed by atoms with E-state index in [1.165, 1.54) is 5.57 Å². The van der Waals surface area contributed by atoms with Gasteiger partial charge in [-0.3, -0.25) is 0 Å². The molecular weight excluding hydrogens is 440 g/mol. The monoisotopic (exact) mass is 490 g/mol. The minimum absolute atomic E-state index is 0.00222. The maximum atomic E-state index is 11.0. The predicted octanol–water partition coefficient (Wildman–Crippen LogP) is 4.06. The van der Waals surface area contributed by atoms with Gasteiger partial charge >= 0.3 is 0 Å². The highest BCUT2D eigenvalue weighted by atomic mass is 16.3. The molecule has 0 radical (unpaired) electrons. The van der Waals surface area contributed by atoms with Gasteiger partial charge in [0.25, 0.3) is 0 Å². The third-order valence-corrected chi connectivity index (χ3v) is 13.4. The zero-order valence-corrected chi connectivity index (χ0v) is 22.8. The second-order valence-corrected chi connectivity index (χ2v) is 15.2. The summed E-state index contributed by atoms with van der Waals surface area (Å²) in [4.78, 5) is 0. The minimum Gasteiger partial charge on any atom is -0.396 e. The van der Waals surface area contributed by atoms with Crippen molar-refractivity contribution in [2.45, 2.75) is 111 Å². The molecule has 0 bridgehead atoms. The van der Waals surface area contributed by atoms with Crippen molar-refractivity contribution >= 4 is 0 Å². The Kier molecular flexibility index (Phi) is 5.82. The maximum Gasteiger partial charge on any atom is 0.0877 e. The Labute approximate surface area is 212 Å². The van der Waals surface area contributed by atoms with Crippen LogP contribution in [-0.2, 0) is 0 Å².